The quantitative estimate of drug-likeness (QED) is 0.267. The van der Waals surface area contributed by atoms with Crippen molar-refractivity contribution in [3.63, 3.8) is 0 Å². The van der Waals surface area contributed by atoms with E-state index in [0.717, 1.165) is 60.6 Å². The fraction of sp³-hybridized carbons (Fsp3) is 0.175. The normalized spacial score (nSPS) is 20.8. The average molecular weight is 572 g/mol. The van der Waals surface area contributed by atoms with Crippen molar-refractivity contribution in [1.29, 1.82) is 0 Å². The van der Waals surface area contributed by atoms with E-state index in [1.54, 1.807) is 0 Å². The number of fused-ring (bicyclic) bond motifs is 7. The van der Waals surface area contributed by atoms with E-state index in [-0.39, 0.29) is 12.0 Å². The molecule has 44 heavy (non-hydrogen) atoms. The zero-order valence-corrected chi connectivity index (χ0v) is 24.5. The third-order valence-electron chi connectivity index (χ3n) is 9.61. The monoisotopic (exact) mass is 571 g/mol. The van der Waals surface area contributed by atoms with Crippen molar-refractivity contribution < 1.29 is 4.74 Å². The van der Waals surface area contributed by atoms with Crippen LogP contribution >= 0.6 is 0 Å². The number of aromatic nitrogens is 1. The van der Waals surface area contributed by atoms with Crippen molar-refractivity contribution in [1.82, 2.24) is 10.3 Å². The number of para-hydroxylation sites is 2. The van der Waals surface area contributed by atoms with E-state index in [0.29, 0.717) is 0 Å². The van der Waals surface area contributed by atoms with Crippen LogP contribution in [0.4, 0.5) is 11.4 Å². The summed E-state index contributed by atoms with van der Waals surface area (Å²) in [4.78, 5) is 7.66. The van der Waals surface area contributed by atoms with Gasteiger partial charge in [0, 0.05) is 33.8 Å². The minimum Gasteiger partial charge on any atom is -0.484 e. The molecule has 4 aromatic rings. The molecule has 0 saturated heterocycles. The molecule has 4 heterocycles. The molecule has 1 aromatic heterocycles. The van der Waals surface area contributed by atoms with Gasteiger partial charge in [-0.25, -0.2) is 4.98 Å². The number of benzene rings is 3. The van der Waals surface area contributed by atoms with Gasteiger partial charge >= 0.3 is 0 Å². The first-order valence-electron chi connectivity index (χ1n) is 15.8. The number of dihydropyridines is 1. The van der Waals surface area contributed by atoms with E-state index >= 15 is 0 Å². The van der Waals surface area contributed by atoms with Crippen molar-refractivity contribution in [2.75, 3.05) is 11.4 Å². The van der Waals surface area contributed by atoms with E-state index in [1.165, 1.54) is 44.8 Å². The number of aryl methyl sites for hydroxylation is 1. The average Bonchev–Trinajstić information content (AvgIpc) is 3.43. The number of rotatable bonds is 3. The van der Waals surface area contributed by atoms with Crippen molar-refractivity contribution >= 4 is 23.0 Å². The second-order valence-corrected chi connectivity index (χ2v) is 12.2. The van der Waals surface area contributed by atoms with E-state index in [1.807, 2.05) is 0 Å². The Morgan fingerprint density at radius 3 is 2.61 bits per heavy atom. The van der Waals surface area contributed by atoms with Gasteiger partial charge in [0.2, 0.25) is 0 Å². The number of hydrogen-bond acceptors (Lipinski definition) is 4. The van der Waals surface area contributed by atoms with Crippen LogP contribution in [0.25, 0.3) is 22.9 Å². The number of hydrogen-bond donors (Lipinski definition) is 1. The Morgan fingerprint density at radius 1 is 0.818 bits per heavy atom. The number of nitrogens with one attached hydrogen (secondary N) is 1. The van der Waals surface area contributed by atoms with Crippen molar-refractivity contribution in [3.8, 4) is 17.0 Å². The Hall–Kier alpha value is -5.09. The van der Waals surface area contributed by atoms with Crippen LogP contribution in [0.5, 0.6) is 5.75 Å². The first kappa shape index (κ1) is 25.4. The largest absolute Gasteiger partial charge is 0.484 e. The van der Waals surface area contributed by atoms with Crippen molar-refractivity contribution in [2.45, 2.75) is 37.7 Å². The van der Waals surface area contributed by atoms with Crippen LogP contribution in [-0.2, 0) is 6.42 Å². The summed E-state index contributed by atoms with van der Waals surface area (Å²) in [5, 5.41) is 3.53. The smallest absolute Gasteiger partial charge is 0.137 e. The van der Waals surface area contributed by atoms with Crippen LogP contribution < -0.4 is 15.0 Å². The molecule has 5 aliphatic rings. The molecule has 3 aliphatic heterocycles. The Balaban J connectivity index is 1.28. The number of ether oxygens (including phenoxy) is 1. The third-order valence-corrected chi connectivity index (χ3v) is 9.61. The molecule has 4 nitrogen and oxygen atoms in total. The number of nitrogens with zero attached hydrogens (tertiary/aromatic N) is 2. The molecule has 1 N–H and O–H groups in total. The van der Waals surface area contributed by atoms with Gasteiger partial charge in [0.1, 0.15) is 11.9 Å². The second-order valence-electron chi connectivity index (χ2n) is 12.2. The summed E-state index contributed by atoms with van der Waals surface area (Å²) in [5.74, 6) is 1.10. The molecule has 9 rings (SSSR count). The Kier molecular flexibility index (Phi) is 5.93. The van der Waals surface area contributed by atoms with Gasteiger partial charge in [-0.15, -0.1) is 0 Å². The van der Waals surface area contributed by atoms with E-state index in [9.17, 15) is 0 Å². The summed E-state index contributed by atoms with van der Waals surface area (Å²) in [7, 11) is 0. The first-order valence-corrected chi connectivity index (χ1v) is 15.8. The van der Waals surface area contributed by atoms with E-state index in [2.05, 4.69) is 132 Å². The molecule has 0 radical (unpaired) electrons. The number of anilines is 2. The summed E-state index contributed by atoms with van der Waals surface area (Å²) in [6, 6.07) is 29.0. The zero-order valence-electron chi connectivity index (χ0n) is 24.5. The molecule has 2 unspecified atom stereocenters. The second kappa shape index (κ2) is 10.3. The molecule has 0 spiro atoms. The Bertz CT molecular complexity index is 1980. The molecule has 214 valence electrons. The molecule has 2 atom stereocenters. The van der Waals surface area contributed by atoms with Gasteiger partial charge in [-0.2, -0.15) is 0 Å². The predicted molar refractivity (Wildman–Crippen MR) is 179 cm³/mol. The molecular weight excluding hydrogens is 538 g/mol. The molecule has 0 bridgehead atoms. The number of pyridine rings is 1. The molecule has 0 amide bonds. The van der Waals surface area contributed by atoms with Gasteiger partial charge in [0.15, 0.2) is 0 Å². The standard InChI is InChI=1S/C40H33N3O/c1-2-10-26(11-3-1)28-22-29(35-19-18-27-12-4-7-15-34(27)42-35)24-30(23-28)43-36-16-8-5-13-31(36)39-33-14-6-9-17-38(33)44-40(39)32-20-21-41-25-37(32)43/h1-2,5-10,13-24,39-41H,3-4,11-12,25H2. The minimum atomic E-state index is -0.0881. The SMILES string of the molecule is C1=CCCC(c2cc(-c3ccc4c(n3)C=CCC4)cc(N3C4=C(C=CNC4)C4Oc5ccccc5C4c4ccccc43)c2)=C1. The van der Waals surface area contributed by atoms with E-state index < -0.39 is 0 Å². The molecule has 3 aromatic carbocycles. The molecule has 0 saturated carbocycles. The maximum Gasteiger partial charge on any atom is 0.137 e. The maximum atomic E-state index is 6.77. The van der Waals surface area contributed by atoms with Crippen molar-refractivity contribution in [2.24, 2.45) is 0 Å². The highest BCUT2D eigenvalue weighted by Gasteiger charge is 2.43. The highest BCUT2D eigenvalue weighted by Crippen LogP contribution is 2.52. The topological polar surface area (TPSA) is 37.4 Å². The Labute approximate surface area is 258 Å². The van der Waals surface area contributed by atoms with E-state index in [4.69, 9.17) is 9.72 Å². The molecular formula is C40H33N3O. The van der Waals surface area contributed by atoms with Crippen LogP contribution in [-0.4, -0.2) is 17.6 Å². The maximum absolute atomic E-state index is 6.77. The van der Waals surface area contributed by atoms with Gasteiger partial charge in [0.25, 0.3) is 0 Å². The fourth-order valence-corrected chi connectivity index (χ4v) is 7.52. The summed E-state index contributed by atoms with van der Waals surface area (Å²) in [5.41, 5.74) is 14.5. The first-order chi connectivity index (χ1) is 21.8. The lowest BCUT2D eigenvalue weighted by Gasteiger charge is -2.32. The summed E-state index contributed by atoms with van der Waals surface area (Å²) in [6.45, 7) is 0.718. The summed E-state index contributed by atoms with van der Waals surface area (Å²) >= 11 is 0. The molecule has 4 heteroatoms. The lowest BCUT2D eigenvalue weighted by molar-refractivity contribution is 0.258. The highest BCUT2D eigenvalue weighted by atomic mass is 16.5. The van der Waals surface area contributed by atoms with Crippen LogP contribution in [0.3, 0.4) is 0 Å². The molecule has 0 fully saturated rings. The van der Waals surface area contributed by atoms with Crippen LogP contribution in [0.2, 0.25) is 0 Å². The number of allylic oxidation sites excluding steroid dienone is 5. The van der Waals surface area contributed by atoms with Crippen LogP contribution in [0, 0.1) is 0 Å². The van der Waals surface area contributed by atoms with Gasteiger partial charge in [-0.1, -0.05) is 66.8 Å². The summed E-state index contributed by atoms with van der Waals surface area (Å²) < 4.78 is 6.77. The van der Waals surface area contributed by atoms with Gasteiger partial charge in [-0.3, -0.25) is 0 Å². The fourth-order valence-electron chi connectivity index (χ4n) is 7.52. The van der Waals surface area contributed by atoms with Gasteiger partial charge in [-0.05, 0) is 103 Å². The lowest BCUT2D eigenvalue weighted by Crippen LogP contribution is -2.31. The van der Waals surface area contributed by atoms with Crippen molar-refractivity contribution in [3.05, 3.63) is 155 Å². The third kappa shape index (κ3) is 4.09. The lowest BCUT2D eigenvalue weighted by atomic mass is 9.84. The van der Waals surface area contributed by atoms with Crippen LogP contribution in [0.1, 0.15) is 53.1 Å². The van der Waals surface area contributed by atoms with Gasteiger partial charge in [0.05, 0.1) is 23.9 Å². The van der Waals surface area contributed by atoms with Gasteiger partial charge < -0.3 is 15.0 Å². The van der Waals surface area contributed by atoms with Crippen LogP contribution in [0.15, 0.2) is 127 Å². The highest BCUT2D eigenvalue weighted by molar-refractivity contribution is 5.84. The Morgan fingerprint density at radius 2 is 1.68 bits per heavy atom. The minimum absolute atomic E-state index is 0.0881. The zero-order chi connectivity index (χ0) is 29.0. The predicted octanol–water partition coefficient (Wildman–Crippen LogP) is 8.86. The molecule has 2 aliphatic carbocycles. The summed E-state index contributed by atoms with van der Waals surface area (Å²) in [6.07, 6.45) is 19.6.